The third-order valence-corrected chi connectivity index (χ3v) is 2.73. The van der Waals surface area contributed by atoms with Crippen LogP contribution < -0.4 is 5.73 Å². The van der Waals surface area contributed by atoms with E-state index in [-0.39, 0.29) is 11.5 Å². The molecule has 1 nitrogen and oxygen atoms in total. The van der Waals surface area contributed by atoms with Gasteiger partial charge in [0.05, 0.1) is 0 Å². The predicted octanol–water partition coefficient (Wildman–Crippen LogP) is 4.01. The molecule has 102 valence electrons. The second kappa shape index (κ2) is 4.84. The topological polar surface area (TPSA) is 26.0 Å². The first kappa shape index (κ1) is 14.9. The quantitative estimate of drug-likeness (QED) is 0.823. The lowest BCUT2D eigenvalue weighted by atomic mass is 9.96. The zero-order valence-corrected chi connectivity index (χ0v) is 9.93. The van der Waals surface area contributed by atoms with E-state index in [1.165, 1.54) is 24.3 Å². The third kappa shape index (κ3) is 2.80. The van der Waals surface area contributed by atoms with E-state index < -0.39 is 18.1 Å². The summed E-state index contributed by atoms with van der Waals surface area (Å²) < 4.78 is 62.5. The number of hydrogen-bond acceptors (Lipinski definition) is 1. The molecule has 0 saturated heterocycles. The van der Waals surface area contributed by atoms with E-state index in [0.717, 1.165) is 5.56 Å². The molecular weight excluding hydrogens is 253 g/mol. The Morgan fingerprint density at radius 2 is 1.28 bits per heavy atom. The van der Waals surface area contributed by atoms with Gasteiger partial charge in [0.1, 0.15) is 6.04 Å². The van der Waals surface area contributed by atoms with E-state index in [0.29, 0.717) is 0 Å². The molecule has 0 aromatic heterocycles. The molecule has 0 aliphatic rings. The van der Waals surface area contributed by atoms with Crippen molar-refractivity contribution < 1.29 is 22.0 Å². The summed E-state index contributed by atoms with van der Waals surface area (Å²) in [5.41, 5.74) is 5.63. The van der Waals surface area contributed by atoms with Gasteiger partial charge in [0.2, 0.25) is 0 Å². The van der Waals surface area contributed by atoms with E-state index in [4.69, 9.17) is 5.73 Å². The Labute approximate surface area is 102 Å². The minimum atomic E-state index is -5.65. The van der Waals surface area contributed by atoms with Gasteiger partial charge >= 0.3 is 12.1 Å². The Morgan fingerprint density at radius 1 is 0.889 bits per heavy atom. The van der Waals surface area contributed by atoms with Crippen LogP contribution in [0.15, 0.2) is 24.3 Å². The molecule has 1 atom stereocenters. The zero-order chi connectivity index (χ0) is 14.1. The first-order valence-electron chi connectivity index (χ1n) is 5.37. The van der Waals surface area contributed by atoms with Crippen molar-refractivity contribution in [3.8, 4) is 0 Å². The molecule has 0 saturated carbocycles. The van der Waals surface area contributed by atoms with E-state index in [1.54, 1.807) is 0 Å². The SMILES string of the molecule is CC(C)c1ccc([C@H](N)C(F)(F)C(F)(F)F)cc1. The van der Waals surface area contributed by atoms with Gasteiger partial charge in [0, 0.05) is 0 Å². The van der Waals surface area contributed by atoms with Crippen LogP contribution in [-0.2, 0) is 0 Å². The summed E-state index contributed by atoms with van der Waals surface area (Å²) in [4.78, 5) is 0. The molecule has 1 aromatic rings. The smallest absolute Gasteiger partial charge is 0.319 e. The summed E-state index contributed by atoms with van der Waals surface area (Å²) in [6, 6.07) is 3.04. The first-order valence-corrected chi connectivity index (χ1v) is 5.37. The van der Waals surface area contributed by atoms with Crippen molar-refractivity contribution in [3.05, 3.63) is 35.4 Å². The van der Waals surface area contributed by atoms with Crippen LogP contribution in [0.3, 0.4) is 0 Å². The van der Waals surface area contributed by atoms with Gasteiger partial charge < -0.3 is 5.73 Å². The molecule has 0 radical (unpaired) electrons. The highest BCUT2D eigenvalue weighted by atomic mass is 19.4. The molecule has 0 bridgehead atoms. The summed E-state index contributed by atoms with van der Waals surface area (Å²) in [5.74, 6) is -4.77. The standard InChI is InChI=1S/C12H14F5N/c1-7(2)8-3-5-9(6-4-8)10(18)11(13,14)12(15,16)17/h3-7,10H,18H2,1-2H3/t10-/m0/s1. The average molecular weight is 267 g/mol. The molecule has 6 heteroatoms. The third-order valence-electron chi connectivity index (χ3n) is 2.73. The maximum atomic E-state index is 13.0. The van der Waals surface area contributed by atoms with Gasteiger partial charge in [0.25, 0.3) is 0 Å². The predicted molar refractivity (Wildman–Crippen MR) is 58.5 cm³/mol. The fraction of sp³-hybridized carbons (Fsp3) is 0.500. The molecule has 18 heavy (non-hydrogen) atoms. The lowest BCUT2D eigenvalue weighted by molar-refractivity contribution is -0.291. The summed E-state index contributed by atoms with van der Waals surface area (Å²) in [6.07, 6.45) is -5.65. The molecule has 1 aromatic carbocycles. The fourth-order valence-electron chi connectivity index (χ4n) is 1.47. The van der Waals surface area contributed by atoms with Crippen LogP contribution in [0.4, 0.5) is 22.0 Å². The highest BCUT2D eigenvalue weighted by Gasteiger charge is 2.61. The Kier molecular flexibility index (Phi) is 4.00. The molecule has 0 aliphatic carbocycles. The molecule has 0 spiro atoms. The minimum absolute atomic E-state index is 0.165. The second-order valence-electron chi connectivity index (χ2n) is 4.42. The van der Waals surface area contributed by atoms with Gasteiger partial charge in [-0.3, -0.25) is 0 Å². The van der Waals surface area contributed by atoms with Gasteiger partial charge in [-0.05, 0) is 17.0 Å². The molecule has 0 amide bonds. The molecule has 1 rings (SSSR count). The van der Waals surface area contributed by atoms with Crippen molar-refractivity contribution in [1.82, 2.24) is 0 Å². The number of hydrogen-bond donors (Lipinski definition) is 1. The van der Waals surface area contributed by atoms with Crippen LogP contribution in [0, 0.1) is 0 Å². The van der Waals surface area contributed by atoms with Crippen molar-refractivity contribution in [3.63, 3.8) is 0 Å². The van der Waals surface area contributed by atoms with Crippen LogP contribution in [0.1, 0.15) is 36.9 Å². The maximum Gasteiger partial charge on any atom is 0.455 e. The highest BCUT2D eigenvalue weighted by molar-refractivity contribution is 5.28. The van der Waals surface area contributed by atoms with Crippen LogP contribution in [0.25, 0.3) is 0 Å². The van der Waals surface area contributed by atoms with Crippen LogP contribution in [0.2, 0.25) is 0 Å². The molecule has 0 fully saturated rings. The fourth-order valence-corrected chi connectivity index (χ4v) is 1.47. The van der Waals surface area contributed by atoms with E-state index in [1.807, 2.05) is 13.8 Å². The van der Waals surface area contributed by atoms with Crippen molar-refractivity contribution >= 4 is 0 Å². The van der Waals surface area contributed by atoms with Crippen molar-refractivity contribution in [2.24, 2.45) is 5.73 Å². The molecule has 0 heterocycles. The number of halogens is 5. The van der Waals surface area contributed by atoms with Gasteiger partial charge in [-0.15, -0.1) is 0 Å². The molecule has 0 unspecified atom stereocenters. The summed E-state index contributed by atoms with van der Waals surface area (Å²) in [5, 5.41) is 0. The Balaban J connectivity index is 3.01. The molecule has 2 N–H and O–H groups in total. The van der Waals surface area contributed by atoms with Crippen molar-refractivity contribution in [2.75, 3.05) is 0 Å². The van der Waals surface area contributed by atoms with Gasteiger partial charge in [-0.25, -0.2) is 0 Å². The van der Waals surface area contributed by atoms with Crippen LogP contribution >= 0.6 is 0 Å². The number of benzene rings is 1. The van der Waals surface area contributed by atoms with E-state index in [2.05, 4.69) is 0 Å². The summed E-state index contributed by atoms with van der Waals surface area (Å²) in [6.45, 7) is 3.78. The summed E-state index contributed by atoms with van der Waals surface area (Å²) >= 11 is 0. The number of nitrogens with two attached hydrogens (primary N) is 1. The number of rotatable bonds is 3. The van der Waals surface area contributed by atoms with Crippen molar-refractivity contribution in [1.29, 1.82) is 0 Å². The lowest BCUT2D eigenvalue weighted by Crippen LogP contribution is -2.45. The average Bonchev–Trinajstić information content (AvgIpc) is 2.26. The van der Waals surface area contributed by atoms with Gasteiger partial charge in [-0.2, -0.15) is 22.0 Å². The number of alkyl halides is 5. The normalized spacial score (nSPS) is 14.9. The Morgan fingerprint density at radius 3 is 1.61 bits per heavy atom. The first-order chi connectivity index (χ1) is 8.07. The molecule has 0 aliphatic heterocycles. The second-order valence-corrected chi connectivity index (χ2v) is 4.42. The summed E-state index contributed by atoms with van der Waals surface area (Å²) in [7, 11) is 0. The monoisotopic (exact) mass is 267 g/mol. The Bertz CT molecular complexity index is 394. The van der Waals surface area contributed by atoms with E-state index in [9.17, 15) is 22.0 Å². The van der Waals surface area contributed by atoms with Crippen molar-refractivity contribution in [2.45, 2.75) is 37.9 Å². The minimum Gasteiger partial charge on any atom is -0.319 e. The maximum absolute atomic E-state index is 13.0. The molecular formula is C12H14F5N. The van der Waals surface area contributed by atoms with Crippen LogP contribution in [-0.4, -0.2) is 12.1 Å². The van der Waals surface area contributed by atoms with E-state index >= 15 is 0 Å². The van der Waals surface area contributed by atoms with Gasteiger partial charge in [-0.1, -0.05) is 38.1 Å². The largest absolute Gasteiger partial charge is 0.455 e. The lowest BCUT2D eigenvalue weighted by Gasteiger charge is -2.26. The highest BCUT2D eigenvalue weighted by Crippen LogP contribution is 2.43. The van der Waals surface area contributed by atoms with Crippen LogP contribution in [0.5, 0.6) is 0 Å². The van der Waals surface area contributed by atoms with Gasteiger partial charge in [0.15, 0.2) is 0 Å². The zero-order valence-electron chi connectivity index (χ0n) is 9.93. The Hall–Kier alpha value is -1.17.